The van der Waals surface area contributed by atoms with Crippen LogP contribution >= 0.6 is 27.5 Å². The van der Waals surface area contributed by atoms with Crippen molar-refractivity contribution in [2.24, 2.45) is 5.10 Å². The number of anilines is 1. The van der Waals surface area contributed by atoms with E-state index in [0.717, 1.165) is 5.56 Å². The number of carbonyl (C=O) groups is 1. The zero-order valence-electron chi connectivity index (χ0n) is 22.6. The minimum Gasteiger partial charge on any atom is -0.490 e. The van der Waals surface area contributed by atoms with Crippen molar-refractivity contribution >= 4 is 45.5 Å². The normalized spacial score (nSPS) is 11.0. The van der Waals surface area contributed by atoms with Gasteiger partial charge < -0.3 is 19.9 Å². The summed E-state index contributed by atoms with van der Waals surface area (Å²) in [5.74, 6) is 0.939. The number of halogens is 2. The largest absolute Gasteiger partial charge is 0.490 e. The van der Waals surface area contributed by atoms with Gasteiger partial charge in [0, 0.05) is 10.6 Å². The Kier molecular flexibility index (Phi) is 9.49. The Labute approximate surface area is 258 Å². The van der Waals surface area contributed by atoms with Gasteiger partial charge in [-0.15, -0.1) is 5.10 Å². The van der Waals surface area contributed by atoms with Crippen LogP contribution in [0.1, 0.15) is 34.2 Å². The molecule has 15 heteroatoms. The molecule has 3 aromatic carbocycles. The van der Waals surface area contributed by atoms with E-state index in [0.29, 0.717) is 38.9 Å². The van der Waals surface area contributed by atoms with E-state index in [2.05, 4.69) is 51.7 Å². The number of aromatic nitrogens is 5. The van der Waals surface area contributed by atoms with Gasteiger partial charge >= 0.3 is 0 Å². The van der Waals surface area contributed by atoms with Crippen LogP contribution in [0.5, 0.6) is 17.2 Å². The van der Waals surface area contributed by atoms with Gasteiger partial charge in [-0.2, -0.15) is 9.78 Å². The number of rotatable bonds is 12. The number of nitrogens with two attached hydrogens (primary N) is 1. The lowest BCUT2D eigenvalue weighted by atomic mass is 10.2. The summed E-state index contributed by atoms with van der Waals surface area (Å²) in [6, 6.07) is 20.0. The number of nitrogen functional groups attached to an aromatic ring is 1. The molecule has 220 valence electrons. The van der Waals surface area contributed by atoms with E-state index in [4.69, 9.17) is 31.5 Å². The summed E-state index contributed by atoms with van der Waals surface area (Å²) in [4.78, 5) is 13.1. The van der Waals surface area contributed by atoms with Crippen molar-refractivity contribution in [3.8, 4) is 23.1 Å². The van der Waals surface area contributed by atoms with Gasteiger partial charge in [0.2, 0.25) is 11.6 Å². The molecule has 0 atom stereocenters. The number of amides is 1. The Bertz CT molecular complexity index is 1740. The molecule has 43 heavy (non-hydrogen) atoms. The third kappa shape index (κ3) is 7.10. The van der Waals surface area contributed by atoms with E-state index >= 15 is 0 Å². The van der Waals surface area contributed by atoms with Crippen LogP contribution in [-0.2, 0) is 13.2 Å². The Morgan fingerprint density at radius 1 is 1.09 bits per heavy atom. The van der Waals surface area contributed by atoms with Crippen LogP contribution in [0.3, 0.4) is 0 Å². The van der Waals surface area contributed by atoms with Gasteiger partial charge in [-0.1, -0.05) is 53.2 Å². The van der Waals surface area contributed by atoms with Crippen LogP contribution in [-0.4, -0.2) is 44.0 Å². The van der Waals surface area contributed by atoms with Gasteiger partial charge in [0.1, 0.15) is 24.7 Å². The monoisotopic (exact) mass is 666 g/mol. The quantitative estimate of drug-likeness (QED) is 0.137. The topological polar surface area (TPSA) is 165 Å². The number of para-hydroxylation sites is 1. The second-order valence-corrected chi connectivity index (χ2v) is 9.98. The third-order valence-corrected chi connectivity index (χ3v) is 6.79. The molecular formula is C28H24BrClN8O5. The van der Waals surface area contributed by atoms with Crippen LogP contribution in [0.15, 0.2) is 80.9 Å². The lowest BCUT2D eigenvalue weighted by Crippen LogP contribution is -2.21. The van der Waals surface area contributed by atoms with Crippen LogP contribution in [0.4, 0.5) is 5.82 Å². The smallest absolute Gasteiger partial charge is 0.293 e. The Morgan fingerprint density at radius 3 is 2.63 bits per heavy atom. The number of hydrogen-bond acceptors (Lipinski definition) is 11. The second-order valence-electron chi connectivity index (χ2n) is 8.71. The first kappa shape index (κ1) is 29.5. The summed E-state index contributed by atoms with van der Waals surface area (Å²) in [5.41, 5.74) is 9.95. The van der Waals surface area contributed by atoms with Gasteiger partial charge in [-0.25, -0.2) is 10.1 Å². The van der Waals surface area contributed by atoms with Gasteiger partial charge in [0.25, 0.3) is 5.91 Å². The van der Waals surface area contributed by atoms with Crippen LogP contribution in [0, 0.1) is 0 Å². The molecule has 0 aliphatic carbocycles. The highest BCUT2D eigenvalue weighted by Crippen LogP contribution is 2.37. The van der Waals surface area contributed by atoms with E-state index in [1.807, 2.05) is 43.3 Å². The molecule has 0 fully saturated rings. The fourth-order valence-corrected chi connectivity index (χ4v) is 4.60. The number of carbonyl (C=O) groups excluding carboxylic acids is 1. The molecule has 5 aromatic rings. The van der Waals surface area contributed by atoms with Gasteiger partial charge in [0.15, 0.2) is 17.2 Å². The van der Waals surface area contributed by atoms with Crippen molar-refractivity contribution in [2.75, 3.05) is 12.3 Å². The molecule has 3 N–H and O–H groups in total. The molecule has 0 saturated heterocycles. The van der Waals surface area contributed by atoms with E-state index in [1.54, 1.807) is 30.3 Å². The van der Waals surface area contributed by atoms with Gasteiger partial charge in [-0.3, -0.25) is 4.79 Å². The fraction of sp³-hybridized carbons (Fsp3) is 0.143. The molecule has 2 heterocycles. The van der Waals surface area contributed by atoms with Crippen molar-refractivity contribution in [1.29, 1.82) is 0 Å². The number of hydrazone groups is 1. The minimum atomic E-state index is -0.645. The number of hydrogen-bond donors (Lipinski definition) is 2. The molecule has 0 radical (unpaired) electrons. The van der Waals surface area contributed by atoms with Crippen LogP contribution in [0.25, 0.3) is 5.82 Å². The predicted octanol–water partition coefficient (Wildman–Crippen LogP) is 4.97. The number of benzene rings is 3. The lowest BCUT2D eigenvalue weighted by molar-refractivity contribution is 0.0947. The van der Waals surface area contributed by atoms with E-state index < -0.39 is 5.91 Å². The van der Waals surface area contributed by atoms with Crippen molar-refractivity contribution in [3.05, 3.63) is 98.7 Å². The first-order chi connectivity index (χ1) is 20.9. The standard InChI is InChI=1S/C28H24BrClN8O5/c1-2-40-23-13-17(12-20(29)25(23)42-15-18-8-6-7-11-21(18)30)14-32-34-28(39)24-22(16-41-19-9-4-3-5-10-19)38(37-33-24)27-26(31)35-43-36-27/h3-14H,2,15-16H2,1H3,(H2,31,35)(H,34,39)/b32-14-. The maximum Gasteiger partial charge on any atom is 0.293 e. The lowest BCUT2D eigenvalue weighted by Gasteiger charge is -2.15. The molecule has 2 aromatic heterocycles. The summed E-state index contributed by atoms with van der Waals surface area (Å²) >= 11 is 9.81. The van der Waals surface area contributed by atoms with Crippen molar-refractivity contribution < 1.29 is 23.6 Å². The highest BCUT2D eigenvalue weighted by Gasteiger charge is 2.24. The SMILES string of the molecule is CCOc1cc(/C=N\NC(=O)c2nnn(-c3nonc3N)c2COc2ccccc2)cc(Br)c1OCc1ccccc1Cl. The molecule has 0 saturated carbocycles. The molecule has 5 rings (SSSR count). The molecule has 0 unspecified atom stereocenters. The third-order valence-electron chi connectivity index (χ3n) is 5.83. The minimum absolute atomic E-state index is 0.0363. The molecule has 0 spiro atoms. The summed E-state index contributed by atoms with van der Waals surface area (Å²) in [6.45, 7) is 2.42. The molecule has 0 aliphatic rings. The molecule has 1 amide bonds. The average Bonchev–Trinajstić information content (AvgIpc) is 3.62. The first-order valence-electron chi connectivity index (χ1n) is 12.8. The molecule has 0 bridgehead atoms. The van der Waals surface area contributed by atoms with Crippen molar-refractivity contribution in [3.63, 3.8) is 0 Å². The first-order valence-corrected chi connectivity index (χ1v) is 14.0. The summed E-state index contributed by atoms with van der Waals surface area (Å²) < 4.78 is 24.2. The van der Waals surface area contributed by atoms with Crippen molar-refractivity contribution in [2.45, 2.75) is 20.1 Å². The highest BCUT2D eigenvalue weighted by molar-refractivity contribution is 9.10. The Hall–Kier alpha value is -4.95. The van der Waals surface area contributed by atoms with Crippen LogP contribution < -0.4 is 25.4 Å². The summed E-state index contributed by atoms with van der Waals surface area (Å²) in [6.07, 6.45) is 1.45. The van der Waals surface area contributed by atoms with E-state index in [9.17, 15) is 4.79 Å². The van der Waals surface area contributed by atoms with Gasteiger partial charge in [-0.05, 0) is 69.1 Å². The Balaban J connectivity index is 1.33. The molecule has 0 aliphatic heterocycles. The van der Waals surface area contributed by atoms with Gasteiger partial charge in [0.05, 0.1) is 17.3 Å². The number of ether oxygens (including phenoxy) is 3. The molecule has 13 nitrogen and oxygen atoms in total. The Morgan fingerprint density at radius 2 is 1.88 bits per heavy atom. The zero-order valence-corrected chi connectivity index (χ0v) is 24.9. The average molecular weight is 668 g/mol. The second kappa shape index (κ2) is 13.8. The fourth-order valence-electron chi connectivity index (χ4n) is 3.83. The summed E-state index contributed by atoms with van der Waals surface area (Å²) in [5, 5.41) is 20.0. The number of nitrogens with zero attached hydrogens (tertiary/aromatic N) is 6. The maximum atomic E-state index is 13.1. The number of nitrogens with one attached hydrogen (secondary N) is 1. The zero-order chi connectivity index (χ0) is 30.2. The maximum absolute atomic E-state index is 13.1. The summed E-state index contributed by atoms with van der Waals surface area (Å²) in [7, 11) is 0. The van der Waals surface area contributed by atoms with E-state index in [1.165, 1.54) is 10.9 Å². The highest BCUT2D eigenvalue weighted by atomic mass is 79.9. The van der Waals surface area contributed by atoms with Crippen molar-refractivity contribution in [1.82, 2.24) is 30.7 Å². The van der Waals surface area contributed by atoms with E-state index in [-0.39, 0.29) is 36.2 Å². The predicted molar refractivity (Wildman–Crippen MR) is 161 cm³/mol. The molecular weight excluding hydrogens is 644 g/mol. The van der Waals surface area contributed by atoms with Crippen LogP contribution in [0.2, 0.25) is 5.02 Å².